The van der Waals surface area contributed by atoms with Gasteiger partial charge < -0.3 is 16.4 Å². The molecule has 0 atom stereocenters. The van der Waals surface area contributed by atoms with Crippen molar-refractivity contribution in [3.8, 4) is 0 Å². The van der Waals surface area contributed by atoms with Crippen molar-refractivity contribution in [2.24, 2.45) is 5.73 Å². The van der Waals surface area contributed by atoms with Crippen LogP contribution >= 0.6 is 11.5 Å². The Morgan fingerprint density at radius 3 is 2.63 bits per heavy atom. The van der Waals surface area contributed by atoms with E-state index in [1.807, 2.05) is 31.2 Å². The first-order valence-corrected chi connectivity index (χ1v) is 9.67. The van der Waals surface area contributed by atoms with Crippen molar-refractivity contribution in [2.45, 2.75) is 19.8 Å². The van der Waals surface area contributed by atoms with Gasteiger partial charge in [0.2, 0.25) is 5.91 Å². The SMILES string of the molecule is CCCNC(=O)c1cccc(C(N)=O)c1CCNc1nsc2ccccc12. The van der Waals surface area contributed by atoms with Crippen LogP contribution in [0.5, 0.6) is 0 Å². The summed E-state index contributed by atoms with van der Waals surface area (Å²) in [4.78, 5) is 24.3. The normalized spacial score (nSPS) is 10.7. The number of anilines is 1. The Bertz CT molecular complexity index is 968. The lowest BCUT2D eigenvalue weighted by Gasteiger charge is -2.13. The second-order valence-electron chi connectivity index (χ2n) is 6.16. The van der Waals surface area contributed by atoms with Crippen LogP contribution in [0.2, 0.25) is 0 Å². The maximum atomic E-state index is 12.5. The van der Waals surface area contributed by atoms with Crippen molar-refractivity contribution in [2.75, 3.05) is 18.4 Å². The highest BCUT2D eigenvalue weighted by molar-refractivity contribution is 7.13. The molecule has 0 spiro atoms. The third-order valence-corrected chi connectivity index (χ3v) is 5.09. The minimum Gasteiger partial charge on any atom is -0.368 e. The van der Waals surface area contributed by atoms with E-state index in [1.54, 1.807) is 18.2 Å². The molecule has 7 heteroatoms. The molecule has 1 heterocycles. The Morgan fingerprint density at radius 1 is 1.07 bits per heavy atom. The number of benzene rings is 2. The molecule has 0 aliphatic heterocycles. The van der Waals surface area contributed by atoms with E-state index in [4.69, 9.17) is 5.73 Å². The van der Waals surface area contributed by atoms with Crippen molar-refractivity contribution in [3.05, 3.63) is 59.2 Å². The number of carbonyl (C=O) groups is 2. The van der Waals surface area contributed by atoms with Crippen LogP contribution in [0.1, 0.15) is 39.6 Å². The van der Waals surface area contributed by atoms with Crippen LogP contribution in [0.3, 0.4) is 0 Å². The zero-order valence-corrected chi connectivity index (χ0v) is 15.9. The first-order valence-electron chi connectivity index (χ1n) is 8.90. The number of amides is 2. The summed E-state index contributed by atoms with van der Waals surface area (Å²) >= 11 is 1.43. The molecule has 0 bridgehead atoms. The summed E-state index contributed by atoms with van der Waals surface area (Å²) in [7, 11) is 0. The van der Waals surface area contributed by atoms with Gasteiger partial charge in [-0.1, -0.05) is 25.1 Å². The molecule has 3 aromatic rings. The number of rotatable bonds is 8. The van der Waals surface area contributed by atoms with E-state index in [1.165, 1.54) is 11.5 Å². The number of nitrogens with two attached hydrogens (primary N) is 1. The molecular weight excluding hydrogens is 360 g/mol. The molecule has 2 aromatic carbocycles. The number of primary amides is 1. The molecule has 4 N–H and O–H groups in total. The summed E-state index contributed by atoms with van der Waals surface area (Å²) in [5, 5.41) is 7.23. The molecule has 0 saturated carbocycles. The van der Waals surface area contributed by atoms with Crippen LogP contribution < -0.4 is 16.4 Å². The number of hydrogen-bond donors (Lipinski definition) is 3. The molecule has 2 amide bonds. The third-order valence-electron chi connectivity index (χ3n) is 4.27. The second kappa shape index (κ2) is 8.64. The van der Waals surface area contributed by atoms with Crippen LogP contribution in [-0.2, 0) is 6.42 Å². The highest BCUT2D eigenvalue weighted by atomic mass is 32.1. The predicted molar refractivity (Wildman–Crippen MR) is 109 cm³/mol. The van der Waals surface area contributed by atoms with Crippen molar-refractivity contribution in [3.63, 3.8) is 0 Å². The minimum atomic E-state index is -0.533. The van der Waals surface area contributed by atoms with Gasteiger partial charge >= 0.3 is 0 Å². The van der Waals surface area contributed by atoms with E-state index in [0.717, 1.165) is 22.3 Å². The van der Waals surface area contributed by atoms with Gasteiger partial charge in [0, 0.05) is 29.6 Å². The molecular formula is C20H22N4O2S. The van der Waals surface area contributed by atoms with Gasteiger partial charge in [-0.3, -0.25) is 9.59 Å². The van der Waals surface area contributed by atoms with E-state index >= 15 is 0 Å². The molecule has 0 aliphatic rings. The van der Waals surface area contributed by atoms with E-state index < -0.39 is 5.91 Å². The van der Waals surface area contributed by atoms with Crippen LogP contribution in [0.25, 0.3) is 10.1 Å². The zero-order chi connectivity index (χ0) is 19.2. The van der Waals surface area contributed by atoms with Gasteiger partial charge in [-0.05, 0) is 54.2 Å². The first-order chi connectivity index (χ1) is 13.1. The first kappa shape index (κ1) is 18.8. The summed E-state index contributed by atoms with van der Waals surface area (Å²) in [5.41, 5.74) is 7.05. The van der Waals surface area contributed by atoms with E-state index in [9.17, 15) is 9.59 Å². The molecule has 0 fully saturated rings. The number of nitrogens with zero attached hydrogens (tertiary/aromatic N) is 1. The lowest BCUT2D eigenvalue weighted by molar-refractivity contribution is 0.0952. The fourth-order valence-electron chi connectivity index (χ4n) is 2.95. The molecule has 27 heavy (non-hydrogen) atoms. The van der Waals surface area contributed by atoms with E-state index in [2.05, 4.69) is 15.0 Å². The fraction of sp³-hybridized carbons (Fsp3) is 0.250. The lowest BCUT2D eigenvalue weighted by Crippen LogP contribution is -2.27. The molecule has 140 valence electrons. The third kappa shape index (κ3) is 4.25. The van der Waals surface area contributed by atoms with Gasteiger partial charge in [-0.15, -0.1) is 0 Å². The maximum Gasteiger partial charge on any atom is 0.251 e. The summed E-state index contributed by atoms with van der Waals surface area (Å²) < 4.78 is 5.55. The zero-order valence-electron chi connectivity index (χ0n) is 15.1. The summed E-state index contributed by atoms with van der Waals surface area (Å²) in [6.45, 7) is 3.11. The van der Waals surface area contributed by atoms with Crippen LogP contribution in [0, 0.1) is 0 Å². The van der Waals surface area contributed by atoms with Crippen LogP contribution in [0.15, 0.2) is 42.5 Å². The number of aromatic nitrogens is 1. The molecule has 0 saturated heterocycles. The second-order valence-corrected chi connectivity index (χ2v) is 6.96. The largest absolute Gasteiger partial charge is 0.368 e. The van der Waals surface area contributed by atoms with Crippen molar-refractivity contribution >= 4 is 39.3 Å². The van der Waals surface area contributed by atoms with Gasteiger partial charge in [0.1, 0.15) is 5.82 Å². The Hall–Kier alpha value is -2.93. The fourth-order valence-corrected chi connectivity index (χ4v) is 3.71. The number of carbonyl (C=O) groups excluding carboxylic acids is 2. The van der Waals surface area contributed by atoms with Crippen LogP contribution in [-0.4, -0.2) is 29.3 Å². The molecule has 0 radical (unpaired) electrons. The van der Waals surface area contributed by atoms with Crippen LogP contribution in [0.4, 0.5) is 5.82 Å². The molecule has 1 aromatic heterocycles. The Kier molecular flexibility index (Phi) is 6.03. The van der Waals surface area contributed by atoms with Gasteiger partial charge in [-0.25, -0.2) is 0 Å². The van der Waals surface area contributed by atoms with Crippen molar-refractivity contribution in [1.82, 2.24) is 9.69 Å². The van der Waals surface area contributed by atoms with E-state index in [-0.39, 0.29) is 5.91 Å². The Balaban J connectivity index is 1.80. The Labute approximate surface area is 161 Å². The van der Waals surface area contributed by atoms with Gasteiger partial charge in [0.25, 0.3) is 5.91 Å². The molecule has 0 unspecified atom stereocenters. The predicted octanol–water partition coefficient (Wildman–Crippen LogP) is 3.19. The summed E-state index contributed by atoms with van der Waals surface area (Å²) in [6.07, 6.45) is 1.33. The monoisotopic (exact) mass is 382 g/mol. The Morgan fingerprint density at radius 2 is 1.85 bits per heavy atom. The summed E-state index contributed by atoms with van der Waals surface area (Å²) in [5.74, 6) is 0.0902. The van der Waals surface area contributed by atoms with Gasteiger partial charge in [0.05, 0.1) is 4.70 Å². The topological polar surface area (TPSA) is 97.1 Å². The summed E-state index contributed by atoms with van der Waals surface area (Å²) in [6, 6.07) is 13.1. The standard InChI is InChI=1S/C20H22N4O2S/c1-2-11-23-20(26)15-8-5-7-14(18(21)25)13(15)10-12-22-19-16-6-3-4-9-17(16)27-24-19/h3-9H,2,10-12H2,1H3,(H2,21,25)(H,22,24)(H,23,26). The van der Waals surface area contributed by atoms with E-state index in [0.29, 0.717) is 36.2 Å². The quantitative estimate of drug-likeness (QED) is 0.557. The highest BCUT2D eigenvalue weighted by Crippen LogP contribution is 2.26. The minimum absolute atomic E-state index is 0.186. The average molecular weight is 382 g/mol. The average Bonchev–Trinajstić information content (AvgIpc) is 3.09. The maximum absolute atomic E-state index is 12.5. The number of nitrogens with one attached hydrogen (secondary N) is 2. The smallest absolute Gasteiger partial charge is 0.251 e. The molecule has 6 nitrogen and oxygen atoms in total. The highest BCUT2D eigenvalue weighted by Gasteiger charge is 2.17. The van der Waals surface area contributed by atoms with Crippen molar-refractivity contribution in [1.29, 1.82) is 0 Å². The van der Waals surface area contributed by atoms with Crippen molar-refractivity contribution < 1.29 is 9.59 Å². The number of fused-ring (bicyclic) bond motifs is 1. The lowest BCUT2D eigenvalue weighted by atomic mass is 9.97. The number of hydrogen-bond acceptors (Lipinski definition) is 5. The molecule has 3 rings (SSSR count). The van der Waals surface area contributed by atoms with Gasteiger partial charge in [-0.2, -0.15) is 4.37 Å². The molecule has 0 aliphatic carbocycles. The van der Waals surface area contributed by atoms with Gasteiger partial charge in [0.15, 0.2) is 0 Å².